The van der Waals surface area contributed by atoms with Crippen LogP contribution in [0.25, 0.3) is 33.7 Å². The van der Waals surface area contributed by atoms with Gasteiger partial charge in [0.15, 0.2) is 0 Å². The molecule has 0 amide bonds. The lowest BCUT2D eigenvalue weighted by atomic mass is 9.91. The van der Waals surface area contributed by atoms with Crippen LogP contribution in [0.3, 0.4) is 0 Å². The van der Waals surface area contributed by atoms with Crippen molar-refractivity contribution in [3.05, 3.63) is 47.2 Å². The Kier molecular flexibility index (Phi) is 7.07. The normalized spacial score (nSPS) is 15.1. The highest BCUT2D eigenvalue weighted by Crippen LogP contribution is 2.31. The molecule has 0 radical (unpaired) electrons. The highest BCUT2D eigenvalue weighted by molar-refractivity contribution is 6.32. The molecule has 0 aliphatic carbocycles. The van der Waals surface area contributed by atoms with E-state index < -0.39 is 0 Å². The molecule has 1 saturated heterocycles. The fourth-order valence-corrected chi connectivity index (χ4v) is 4.92. The van der Waals surface area contributed by atoms with Crippen LogP contribution in [0.2, 0.25) is 5.02 Å². The summed E-state index contributed by atoms with van der Waals surface area (Å²) in [7, 11) is 0. The van der Waals surface area contributed by atoms with Gasteiger partial charge < -0.3 is 14.2 Å². The van der Waals surface area contributed by atoms with E-state index in [1.807, 2.05) is 32.9 Å². The van der Waals surface area contributed by atoms with Crippen molar-refractivity contribution in [3.8, 4) is 28.7 Å². The molecule has 9 heteroatoms. The quantitative estimate of drug-likeness (QED) is 0.316. The van der Waals surface area contributed by atoms with Crippen molar-refractivity contribution in [1.29, 1.82) is 0 Å². The Morgan fingerprint density at radius 1 is 1.25 bits per heavy atom. The van der Waals surface area contributed by atoms with Gasteiger partial charge in [-0.05, 0) is 57.5 Å². The molecule has 1 aromatic carbocycles. The molecule has 0 spiro atoms. The smallest absolute Gasteiger partial charge is 0.259 e. The van der Waals surface area contributed by atoms with Gasteiger partial charge in [-0.2, -0.15) is 4.98 Å². The third-order valence-corrected chi connectivity index (χ3v) is 6.91. The lowest BCUT2D eigenvalue weighted by molar-refractivity contribution is -0.124. The average molecular weight is 508 g/mol. The molecule has 1 N–H and O–H groups in total. The van der Waals surface area contributed by atoms with Crippen molar-refractivity contribution in [2.75, 3.05) is 13.1 Å². The summed E-state index contributed by atoms with van der Waals surface area (Å²) >= 11 is 6.31. The number of ether oxygens (including phenoxy) is 1. The number of carbonyl (C=O) groups is 1. The van der Waals surface area contributed by atoms with E-state index in [0.29, 0.717) is 40.4 Å². The van der Waals surface area contributed by atoms with Crippen LogP contribution in [0.4, 0.5) is 0 Å². The molecule has 4 aromatic rings. The minimum absolute atomic E-state index is 0.0250. The second-order valence-corrected chi connectivity index (χ2v) is 9.95. The SMILES string of the molecule is CCC(=O)C1CCN(Cc2c[nH]c3cc(-c4noc(-c5cnc(OC(C)C)c(Cl)c5)n4)ccc23)CC1. The zero-order valence-corrected chi connectivity index (χ0v) is 21.5. The van der Waals surface area contributed by atoms with Gasteiger partial charge in [0.05, 0.1) is 11.7 Å². The third kappa shape index (κ3) is 5.15. The van der Waals surface area contributed by atoms with Crippen LogP contribution in [0.15, 0.2) is 41.2 Å². The van der Waals surface area contributed by atoms with Crippen LogP contribution in [0.5, 0.6) is 5.88 Å². The van der Waals surface area contributed by atoms with Crippen LogP contribution < -0.4 is 4.74 Å². The maximum Gasteiger partial charge on any atom is 0.259 e. The fourth-order valence-electron chi connectivity index (χ4n) is 4.71. The standard InChI is InChI=1S/C27H30ClN5O3/c1-4-24(34)17-7-9-33(10-8-17)15-20-14-29-23-12-18(5-6-21(20)23)25-31-26(36-32-25)19-11-22(28)27(30-13-19)35-16(2)3/h5-6,11-14,16-17,29H,4,7-10,15H2,1-3H3. The highest BCUT2D eigenvalue weighted by atomic mass is 35.5. The number of rotatable bonds is 8. The molecule has 1 aliphatic heterocycles. The van der Waals surface area contributed by atoms with Crippen LogP contribution in [0.1, 0.15) is 45.6 Å². The predicted octanol–water partition coefficient (Wildman–Crippen LogP) is 5.91. The van der Waals surface area contributed by atoms with Gasteiger partial charge in [0.1, 0.15) is 10.8 Å². The molecule has 8 nitrogen and oxygen atoms in total. The van der Waals surface area contributed by atoms with Gasteiger partial charge in [-0.15, -0.1) is 0 Å². The zero-order chi connectivity index (χ0) is 25.2. The maximum atomic E-state index is 12.0. The van der Waals surface area contributed by atoms with Gasteiger partial charge in [0.2, 0.25) is 11.7 Å². The van der Waals surface area contributed by atoms with Crippen molar-refractivity contribution in [1.82, 2.24) is 25.0 Å². The Morgan fingerprint density at radius 3 is 2.78 bits per heavy atom. The second kappa shape index (κ2) is 10.4. The number of fused-ring (bicyclic) bond motifs is 1. The van der Waals surface area contributed by atoms with Gasteiger partial charge in [0, 0.05) is 47.7 Å². The third-order valence-electron chi connectivity index (χ3n) is 6.64. The van der Waals surface area contributed by atoms with E-state index in [1.54, 1.807) is 12.3 Å². The van der Waals surface area contributed by atoms with Gasteiger partial charge >= 0.3 is 0 Å². The number of aromatic amines is 1. The van der Waals surface area contributed by atoms with E-state index in [2.05, 4.69) is 37.3 Å². The topological polar surface area (TPSA) is 97.1 Å². The number of nitrogens with zero attached hydrogens (tertiary/aromatic N) is 4. The van der Waals surface area contributed by atoms with Crippen molar-refractivity contribution >= 4 is 28.3 Å². The van der Waals surface area contributed by atoms with Crippen LogP contribution >= 0.6 is 11.6 Å². The van der Waals surface area contributed by atoms with Gasteiger partial charge in [0.25, 0.3) is 5.89 Å². The largest absolute Gasteiger partial charge is 0.474 e. The Labute approximate surface area is 215 Å². The number of piperidine rings is 1. The van der Waals surface area contributed by atoms with Crippen LogP contribution in [-0.4, -0.2) is 50.0 Å². The minimum atomic E-state index is -0.0250. The van der Waals surface area contributed by atoms with E-state index >= 15 is 0 Å². The number of Topliss-reactive ketones (excluding diaryl/α,β-unsaturated/α-hetero) is 1. The number of halogens is 1. The summed E-state index contributed by atoms with van der Waals surface area (Å²) in [6, 6.07) is 7.84. The second-order valence-electron chi connectivity index (χ2n) is 9.55. The number of hydrogen-bond donors (Lipinski definition) is 1. The molecule has 188 valence electrons. The lowest BCUT2D eigenvalue weighted by Crippen LogP contribution is -2.35. The van der Waals surface area contributed by atoms with Crippen molar-refractivity contribution in [2.24, 2.45) is 5.92 Å². The van der Waals surface area contributed by atoms with E-state index in [1.165, 1.54) is 10.9 Å². The van der Waals surface area contributed by atoms with Crippen molar-refractivity contribution in [3.63, 3.8) is 0 Å². The number of H-pyrrole nitrogens is 1. The first-order valence-corrected chi connectivity index (χ1v) is 12.8. The van der Waals surface area contributed by atoms with Gasteiger partial charge in [-0.25, -0.2) is 4.98 Å². The van der Waals surface area contributed by atoms with Crippen LogP contribution in [-0.2, 0) is 11.3 Å². The van der Waals surface area contributed by atoms with Crippen molar-refractivity contribution in [2.45, 2.75) is 52.7 Å². The molecule has 1 fully saturated rings. The maximum absolute atomic E-state index is 12.0. The molecular weight excluding hydrogens is 478 g/mol. The van der Waals surface area contributed by atoms with Gasteiger partial charge in [-0.3, -0.25) is 9.69 Å². The van der Waals surface area contributed by atoms with E-state index in [4.69, 9.17) is 20.9 Å². The molecule has 36 heavy (non-hydrogen) atoms. The molecule has 0 saturated carbocycles. The monoisotopic (exact) mass is 507 g/mol. The first kappa shape index (κ1) is 24.5. The number of aromatic nitrogens is 4. The van der Waals surface area contributed by atoms with Crippen molar-refractivity contribution < 1.29 is 14.1 Å². The number of likely N-dealkylation sites (tertiary alicyclic amines) is 1. The number of carbonyl (C=O) groups excluding carboxylic acids is 1. The Balaban J connectivity index is 1.29. The Hall–Kier alpha value is -3.23. The minimum Gasteiger partial charge on any atom is -0.474 e. The number of ketones is 1. The van der Waals surface area contributed by atoms with E-state index in [-0.39, 0.29) is 12.0 Å². The highest BCUT2D eigenvalue weighted by Gasteiger charge is 2.24. The first-order chi connectivity index (χ1) is 17.4. The summed E-state index contributed by atoms with van der Waals surface area (Å²) in [4.78, 5) is 26.6. The Morgan fingerprint density at radius 2 is 2.06 bits per heavy atom. The molecule has 5 rings (SSSR count). The summed E-state index contributed by atoms with van der Waals surface area (Å²) in [5.74, 6) is 1.84. The predicted molar refractivity (Wildman–Crippen MR) is 139 cm³/mol. The molecule has 0 unspecified atom stereocenters. The summed E-state index contributed by atoms with van der Waals surface area (Å²) in [6.45, 7) is 8.56. The van der Waals surface area contributed by atoms with Gasteiger partial charge in [-0.1, -0.05) is 35.8 Å². The summed E-state index contributed by atoms with van der Waals surface area (Å²) < 4.78 is 11.1. The first-order valence-electron chi connectivity index (χ1n) is 12.4. The molecule has 1 aliphatic rings. The molecular formula is C27H30ClN5O3. The Bertz CT molecular complexity index is 1370. The number of hydrogen-bond acceptors (Lipinski definition) is 7. The summed E-state index contributed by atoms with van der Waals surface area (Å²) in [6.07, 6.45) is 6.20. The summed E-state index contributed by atoms with van der Waals surface area (Å²) in [5, 5.41) is 5.72. The zero-order valence-electron chi connectivity index (χ0n) is 20.8. The van der Waals surface area contributed by atoms with E-state index in [9.17, 15) is 4.79 Å². The average Bonchev–Trinajstić information content (AvgIpc) is 3.52. The van der Waals surface area contributed by atoms with E-state index in [0.717, 1.165) is 43.6 Å². The fraction of sp³-hybridized carbons (Fsp3) is 0.407. The summed E-state index contributed by atoms with van der Waals surface area (Å²) in [5.41, 5.74) is 3.74. The molecule has 0 bridgehead atoms. The lowest BCUT2D eigenvalue weighted by Gasteiger charge is -2.31. The van der Waals surface area contributed by atoms with Crippen LogP contribution in [0, 0.1) is 5.92 Å². The molecule has 4 heterocycles. The number of benzene rings is 1. The molecule has 3 aromatic heterocycles. The molecule has 0 atom stereocenters. The number of nitrogens with one attached hydrogen (secondary N) is 1. The number of pyridine rings is 1.